The number of aromatic nitrogens is 1. The lowest BCUT2D eigenvalue weighted by molar-refractivity contribution is 0.415. The first-order chi connectivity index (χ1) is 12.2. The summed E-state index contributed by atoms with van der Waals surface area (Å²) in [4.78, 5) is 16.1. The van der Waals surface area contributed by atoms with Crippen LogP contribution >= 0.6 is 11.3 Å². The zero-order valence-corrected chi connectivity index (χ0v) is 14.3. The molecule has 0 fully saturated rings. The fourth-order valence-electron chi connectivity index (χ4n) is 2.96. The number of methoxy groups -OCH3 is 1. The highest BCUT2D eigenvalue weighted by atomic mass is 32.1. The van der Waals surface area contributed by atoms with E-state index >= 15 is 0 Å². The minimum absolute atomic E-state index is 0.00731. The number of hydrogen-bond donors (Lipinski definition) is 2. The number of aromatic hydroxyl groups is 1. The molecule has 0 saturated heterocycles. The standard InChI is InChI=1S/C20H15NO3S/c1-24-14-9-5-8-13(10-14)16-18(22)17-15(12-6-3-2-4-7-12)11-25-20(17)21-19(16)23/h2-11H,1H3,(H2,21,22,23). The summed E-state index contributed by atoms with van der Waals surface area (Å²) in [7, 11) is 1.57. The Morgan fingerprint density at radius 3 is 2.56 bits per heavy atom. The molecule has 4 rings (SSSR count). The third-order valence-corrected chi connectivity index (χ3v) is 5.06. The van der Waals surface area contributed by atoms with E-state index in [1.165, 1.54) is 11.3 Å². The lowest BCUT2D eigenvalue weighted by atomic mass is 10.0. The maximum Gasteiger partial charge on any atom is 0.260 e. The van der Waals surface area contributed by atoms with Crippen LogP contribution in [0.5, 0.6) is 11.5 Å². The van der Waals surface area contributed by atoms with Crippen LogP contribution in [0, 0.1) is 0 Å². The molecule has 0 unspecified atom stereocenters. The quantitative estimate of drug-likeness (QED) is 0.566. The molecule has 2 aromatic heterocycles. The van der Waals surface area contributed by atoms with E-state index in [4.69, 9.17) is 4.74 Å². The summed E-state index contributed by atoms with van der Waals surface area (Å²) >= 11 is 1.41. The van der Waals surface area contributed by atoms with Crippen LogP contribution in [0.15, 0.2) is 64.8 Å². The number of H-pyrrole nitrogens is 1. The molecule has 2 heterocycles. The largest absolute Gasteiger partial charge is 0.506 e. The predicted octanol–water partition coefficient (Wildman–Crippen LogP) is 4.64. The third kappa shape index (κ3) is 2.58. The van der Waals surface area contributed by atoms with Crippen molar-refractivity contribution in [3.63, 3.8) is 0 Å². The van der Waals surface area contributed by atoms with Gasteiger partial charge in [-0.05, 0) is 23.3 Å². The van der Waals surface area contributed by atoms with E-state index in [-0.39, 0.29) is 16.9 Å². The normalized spacial score (nSPS) is 10.9. The number of benzene rings is 2. The SMILES string of the molecule is COc1cccc(-c2c(O)c3c(-c4ccccc4)csc3[nH]c2=O)c1. The van der Waals surface area contributed by atoms with Crippen LogP contribution in [0.1, 0.15) is 0 Å². The fourth-order valence-corrected chi connectivity index (χ4v) is 3.93. The van der Waals surface area contributed by atoms with E-state index in [0.717, 1.165) is 11.1 Å². The third-order valence-electron chi connectivity index (χ3n) is 4.16. The van der Waals surface area contributed by atoms with Gasteiger partial charge >= 0.3 is 0 Å². The van der Waals surface area contributed by atoms with Gasteiger partial charge in [0, 0.05) is 10.9 Å². The summed E-state index contributed by atoms with van der Waals surface area (Å²) in [6, 6.07) is 16.9. The number of pyridine rings is 1. The lowest BCUT2D eigenvalue weighted by Crippen LogP contribution is -2.08. The molecular weight excluding hydrogens is 334 g/mol. The van der Waals surface area contributed by atoms with Crippen molar-refractivity contribution in [2.24, 2.45) is 0 Å². The number of ether oxygens (including phenoxy) is 1. The van der Waals surface area contributed by atoms with Crippen molar-refractivity contribution in [2.75, 3.05) is 7.11 Å². The van der Waals surface area contributed by atoms with Crippen LogP contribution in [0.4, 0.5) is 0 Å². The number of aromatic amines is 1. The highest BCUT2D eigenvalue weighted by Crippen LogP contribution is 2.41. The molecule has 124 valence electrons. The molecular formula is C20H15NO3S. The van der Waals surface area contributed by atoms with E-state index in [1.54, 1.807) is 31.4 Å². The van der Waals surface area contributed by atoms with Crippen LogP contribution in [0.25, 0.3) is 32.5 Å². The summed E-state index contributed by atoms with van der Waals surface area (Å²) in [5.74, 6) is 0.622. The average Bonchev–Trinajstić information content (AvgIpc) is 3.06. The molecule has 0 amide bonds. The Labute approximate surface area is 148 Å². The Hall–Kier alpha value is -3.05. The monoisotopic (exact) mass is 349 g/mol. The van der Waals surface area contributed by atoms with Gasteiger partial charge < -0.3 is 14.8 Å². The molecule has 0 radical (unpaired) electrons. The molecule has 2 aromatic carbocycles. The van der Waals surface area contributed by atoms with Crippen molar-refractivity contribution in [3.8, 4) is 33.8 Å². The number of rotatable bonds is 3. The first-order valence-electron chi connectivity index (χ1n) is 7.75. The molecule has 2 N–H and O–H groups in total. The molecule has 0 aliphatic carbocycles. The summed E-state index contributed by atoms with van der Waals surface area (Å²) < 4.78 is 5.23. The van der Waals surface area contributed by atoms with E-state index < -0.39 is 0 Å². The van der Waals surface area contributed by atoms with E-state index in [1.807, 2.05) is 35.7 Å². The van der Waals surface area contributed by atoms with Gasteiger partial charge in [0.05, 0.1) is 18.1 Å². The Bertz CT molecular complexity index is 1110. The summed E-state index contributed by atoms with van der Waals surface area (Å²) in [6.45, 7) is 0. The highest BCUT2D eigenvalue weighted by Gasteiger charge is 2.19. The number of fused-ring (bicyclic) bond motifs is 1. The van der Waals surface area contributed by atoms with Crippen LogP contribution < -0.4 is 10.3 Å². The lowest BCUT2D eigenvalue weighted by Gasteiger charge is -2.08. The molecule has 0 spiro atoms. The molecule has 5 heteroatoms. The van der Waals surface area contributed by atoms with Crippen molar-refractivity contribution in [2.45, 2.75) is 0 Å². The molecule has 0 aliphatic heterocycles. The maximum atomic E-state index is 12.6. The Morgan fingerprint density at radius 1 is 1.04 bits per heavy atom. The minimum atomic E-state index is -0.320. The zero-order chi connectivity index (χ0) is 17.4. The molecule has 0 saturated carbocycles. The molecule has 0 bridgehead atoms. The Morgan fingerprint density at radius 2 is 1.80 bits per heavy atom. The second kappa shape index (κ2) is 6.11. The topological polar surface area (TPSA) is 62.3 Å². The predicted molar refractivity (Wildman–Crippen MR) is 102 cm³/mol. The smallest absolute Gasteiger partial charge is 0.260 e. The van der Waals surface area contributed by atoms with Gasteiger partial charge in [0.25, 0.3) is 5.56 Å². The Balaban J connectivity index is 2.02. The zero-order valence-electron chi connectivity index (χ0n) is 13.4. The van der Waals surface area contributed by atoms with Gasteiger partial charge in [-0.15, -0.1) is 11.3 Å². The first kappa shape index (κ1) is 15.5. The average molecular weight is 349 g/mol. The van der Waals surface area contributed by atoms with Gasteiger partial charge in [-0.25, -0.2) is 0 Å². The molecule has 0 atom stereocenters. The summed E-state index contributed by atoms with van der Waals surface area (Å²) in [5.41, 5.74) is 2.44. The van der Waals surface area contributed by atoms with Gasteiger partial charge in [0.15, 0.2) is 0 Å². The van der Waals surface area contributed by atoms with Gasteiger partial charge in [-0.3, -0.25) is 4.79 Å². The molecule has 25 heavy (non-hydrogen) atoms. The van der Waals surface area contributed by atoms with Crippen molar-refractivity contribution in [1.29, 1.82) is 0 Å². The van der Waals surface area contributed by atoms with E-state index in [9.17, 15) is 9.90 Å². The van der Waals surface area contributed by atoms with Crippen molar-refractivity contribution in [1.82, 2.24) is 4.98 Å². The molecule has 4 aromatic rings. The first-order valence-corrected chi connectivity index (χ1v) is 8.63. The second-order valence-corrected chi connectivity index (χ2v) is 6.51. The van der Waals surface area contributed by atoms with Gasteiger partial charge in [-0.1, -0.05) is 42.5 Å². The van der Waals surface area contributed by atoms with Gasteiger partial charge in [-0.2, -0.15) is 0 Å². The van der Waals surface area contributed by atoms with Crippen LogP contribution in [-0.2, 0) is 0 Å². The minimum Gasteiger partial charge on any atom is -0.506 e. The number of thiophene rings is 1. The summed E-state index contributed by atoms with van der Waals surface area (Å²) in [6.07, 6.45) is 0. The molecule has 0 aliphatic rings. The second-order valence-electron chi connectivity index (χ2n) is 5.63. The van der Waals surface area contributed by atoms with Crippen LogP contribution in [-0.4, -0.2) is 17.2 Å². The Kier molecular flexibility index (Phi) is 3.78. The summed E-state index contributed by atoms with van der Waals surface area (Å²) in [5, 5.41) is 13.5. The van der Waals surface area contributed by atoms with Crippen LogP contribution in [0.3, 0.4) is 0 Å². The van der Waals surface area contributed by atoms with Crippen molar-refractivity contribution < 1.29 is 9.84 Å². The van der Waals surface area contributed by atoms with Gasteiger partial charge in [0.1, 0.15) is 16.3 Å². The van der Waals surface area contributed by atoms with Crippen molar-refractivity contribution >= 4 is 21.6 Å². The highest BCUT2D eigenvalue weighted by molar-refractivity contribution is 7.17. The van der Waals surface area contributed by atoms with E-state index in [2.05, 4.69) is 4.98 Å². The number of nitrogens with one attached hydrogen (secondary N) is 1. The number of hydrogen-bond acceptors (Lipinski definition) is 4. The fraction of sp³-hybridized carbons (Fsp3) is 0.0500. The maximum absolute atomic E-state index is 12.6. The van der Waals surface area contributed by atoms with Crippen LogP contribution in [0.2, 0.25) is 0 Å². The van der Waals surface area contributed by atoms with Crippen molar-refractivity contribution in [3.05, 3.63) is 70.3 Å². The van der Waals surface area contributed by atoms with E-state index in [0.29, 0.717) is 21.5 Å². The molecule has 4 nitrogen and oxygen atoms in total. The van der Waals surface area contributed by atoms with Gasteiger partial charge in [0.2, 0.25) is 0 Å².